The second kappa shape index (κ2) is 5.61. The van der Waals surface area contributed by atoms with Gasteiger partial charge in [-0.15, -0.1) is 0 Å². The van der Waals surface area contributed by atoms with Crippen LogP contribution in [0.1, 0.15) is 25.5 Å². The maximum Gasteiger partial charge on any atom is 0.123 e. The molecule has 0 aromatic heterocycles. The molecule has 0 aliphatic carbocycles. The van der Waals surface area contributed by atoms with Crippen LogP contribution < -0.4 is 5.32 Å². The molecule has 1 fully saturated rings. The number of benzene rings is 1. The Kier molecular flexibility index (Phi) is 4.13. The van der Waals surface area contributed by atoms with Gasteiger partial charge in [0.05, 0.1) is 0 Å². The third-order valence-corrected chi connectivity index (χ3v) is 3.07. The highest BCUT2D eigenvalue weighted by molar-refractivity contribution is 5.20. The van der Waals surface area contributed by atoms with Crippen molar-refractivity contribution in [1.29, 1.82) is 0 Å². The summed E-state index contributed by atoms with van der Waals surface area (Å²) in [5, 5.41) is 3.48. The van der Waals surface area contributed by atoms with Gasteiger partial charge in [-0.05, 0) is 23.6 Å². The fourth-order valence-electron chi connectivity index (χ4n) is 2.32. The molecule has 1 heterocycles. The van der Waals surface area contributed by atoms with Crippen molar-refractivity contribution in [2.75, 3.05) is 26.2 Å². The van der Waals surface area contributed by atoms with Crippen LogP contribution in [0.2, 0.25) is 0 Å². The lowest BCUT2D eigenvalue weighted by Gasteiger charge is -2.34. The molecule has 2 nitrogen and oxygen atoms in total. The average Bonchev–Trinajstić information content (AvgIpc) is 2.29. The van der Waals surface area contributed by atoms with E-state index in [1.165, 1.54) is 23.6 Å². The fraction of sp³-hybridized carbons (Fsp3) is 0.500. The van der Waals surface area contributed by atoms with Crippen LogP contribution in [0.5, 0.6) is 0 Å². The van der Waals surface area contributed by atoms with E-state index in [0.717, 1.165) is 26.2 Å². The van der Waals surface area contributed by atoms with Crippen LogP contribution in [0.25, 0.3) is 0 Å². The summed E-state index contributed by atoms with van der Waals surface area (Å²) in [7, 11) is 0. The molecule has 1 N–H and O–H groups in total. The molecule has 93 valence electrons. The molecule has 1 unspecified atom stereocenters. The lowest BCUT2D eigenvalue weighted by Crippen LogP contribution is -2.46. The van der Waals surface area contributed by atoms with Gasteiger partial charge >= 0.3 is 0 Å². The van der Waals surface area contributed by atoms with E-state index in [2.05, 4.69) is 24.1 Å². The third kappa shape index (κ3) is 3.51. The van der Waals surface area contributed by atoms with Crippen LogP contribution >= 0.6 is 0 Å². The molecule has 1 aliphatic rings. The van der Waals surface area contributed by atoms with Crippen molar-refractivity contribution in [3.05, 3.63) is 41.6 Å². The number of hydrogen-bond acceptors (Lipinski definition) is 2. The van der Waals surface area contributed by atoms with Crippen molar-refractivity contribution in [1.82, 2.24) is 10.2 Å². The zero-order valence-corrected chi connectivity index (χ0v) is 10.5. The van der Waals surface area contributed by atoms with Crippen LogP contribution in [0.4, 0.5) is 4.39 Å². The normalized spacial score (nSPS) is 22.0. The SMILES string of the molecule is C[C](C)CN1CCNC(c2ccc(F)cc2)C1. The summed E-state index contributed by atoms with van der Waals surface area (Å²) in [6.07, 6.45) is 0. The highest BCUT2D eigenvalue weighted by Gasteiger charge is 2.20. The summed E-state index contributed by atoms with van der Waals surface area (Å²) in [5.74, 6) is 1.27. The maximum atomic E-state index is 12.9. The molecule has 3 heteroatoms. The van der Waals surface area contributed by atoms with Crippen LogP contribution in [-0.2, 0) is 0 Å². The lowest BCUT2D eigenvalue weighted by atomic mass is 10.0. The van der Waals surface area contributed by atoms with Gasteiger partial charge in [-0.1, -0.05) is 26.0 Å². The first-order valence-electron chi connectivity index (χ1n) is 6.15. The number of nitrogens with zero attached hydrogens (tertiary/aromatic N) is 1. The quantitative estimate of drug-likeness (QED) is 0.865. The van der Waals surface area contributed by atoms with Gasteiger partial charge in [-0.25, -0.2) is 4.39 Å². The molecule has 2 rings (SSSR count). The van der Waals surface area contributed by atoms with Gasteiger partial charge in [-0.2, -0.15) is 0 Å². The molecule has 0 saturated carbocycles. The minimum Gasteiger partial charge on any atom is -0.308 e. The summed E-state index contributed by atoms with van der Waals surface area (Å²) >= 11 is 0. The highest BCUT2D eigenvalue weighted by atomic mass is 19.1. The van der Waals surface area contributed by atoms with Crippen molar-refractivity contribution in [3.63, 3.8) is 0 Å². The van der Waals surface area contributed by atoms with Crippen molar-refractivity contribution >= 4 is 0 Å². The summed E-state index contributed by atoms with van der Waals surface area (Å²) < 4.78 is 12.9. The molecular weight excluding hydrogens is 215 g/mol. The first kappa shape index (κ1) is 12.5. The molecule has 17 heavy (non-hydrogen) atoms. The van der Waals surface area contributed by atoms with E-state index in [0.29, 0.717) is 6.04 Å². The Morgan fingerprint density at radius 3 is 2.71 bits per heavy atom. The van der Waals surface area contributed by atoms with Gasteiger partial charge < -0.3 is 5.32 Å². The fourth-order valence-corrected chi connectivity index (χ4v) is 2.32. The Morgan fingerprint density at radius 2 is 2.06 bits per heavy atom. The van der Waals surface area contributed by atoms with E-state index in [4.69, 9.17) is 0 Å². The Balaban J connectivity index is 1.99. The zero-order chi connectivity index (χ0) is 12.3. The summed E-state index contributed by atoms with van der Waals surface area (Å²) in [4.78, 5) is 2.44. The molecule has 0 bridgehead atoms. The smallest absolute Gasteiger partial charge is 0.123 e. The monoisotopic (exact) mass is 235 g/mol. The molecule has 1 aromatic carbocycles. The second-order valence-electron chi connectivity index (χ2n) is 5.00. The summed E-state index contributed by atoms with van der Waals surface area (Å²) in [6.45, 7) is 8.46. The number of piperazine rings is 1. The predicted molar refractivity (Wildman–Crippen MR) is 68.2 cm³/mol. The number of rotatable bonds is 3. The van der Waals surface area contributed by atoms with Crippen LogP contribution in [0.15, 0.2) is 24.3 Å². The Bertz CT molecular complexity index is 348. The number of hydrogen-bond donors (Lipinski definition) is 1. The largest absolute Gasteiger partial charge is 0.308 e. The van der Waals surface area contributed by atoms with E-state index in [-0.39, 0.29) is 5.82 Å². The molecule has 1 aromatic rings. The zero-order valence-electron chi connectivity index (χ0n) is 10.5. The molecule has 1 radical (unpaired) electrons. The maximum absolute atomic E-state index is 12.9. The minimum absolute atomic E-state index is 0.167. The molecule has 0 spiro atoms. The molecule has 0 amide bonds. The van der Waals surface area contributed by atoms with Crippen molar-refractivity contribution < 1.29 is 4.39 Å². The standard InChI is InChI=1S/C14H20FN2/c1-11(2)9-17-8-7-16-14(10-17)12-3-5-13(15)6-4-12/h3-6,14,16H,7-10H2,1-2H3. The molecular formula is C14H20FN2. The van der Waals surface area contributed by atoms with Crippen molar-refractivity contribution in [2.45, 2.75) is 19.9 Å². The van der Waals surface area contributed by atoms with E-state index >= 15 is 0 Å². The first-order chi connectivity index (χ1) is 8.15. The van der Waals surface area contributed by atoms with Gasteiger partial charge in [0.2, 0.25) is 0 Å². The average molecular weight is 235 g/mol. The third-order valence-electron chi connectivity index (χ3n) is 3.07. The van der Waals surface area contributed by atoms with Crippen molar-refractivity contribution in [3.8, 4) is 0 Å². The van der Waals surface area contributed by atoms with Crippen LogP contribution in [0, 0.1) is 11.7 Å². The Hall–Kier alpha value is -0.930. The van der Waals surface area contributed by atoms with Gasteiger partial charge in [0, 0.05) is 32.2 Å². The second-order valence-corrected chi connectivity index (χ2v) is 5.00. The number of halogens is 1. The molecule has 1 aliphatic heterocycles. The summed E-state index contributed by atoms with van der Waals surface area (Å²) in [5.41, 5.74) is 1.17. The number of nitrogens with one attached hydrogen (secondary N) is 1. The van der Waals surface area contributed by atoms with E-state index in [9.17, 15) is 4.39 Å². The van der Waals surface area contributed by atoms with Gasteiger partial charge in [0.1, 0.15) is 5.82 Å². The van der Waals surface area contributed by atoms with Crippen LogP contribution in [0.3, 0.4) is 0 Å². The molecule has 1 saturated heterocycles. The van der Waals surface area contributed by atoms with Gasteiger partial charge in [0.15, 0.2) is 0 Å². The highest BCUT2D eigenvalue weighted by Crippen LogP contribution is 2.18. The topological polar surface area (TPSA) is 15.3 Å². The van der Waals surface area contributed by atoms with Gasteiger partial charge in [0.25, 0.3) is 0 Å². The van der Waals surface area contributed by atoms with E-state index < -0.39 is 0 Å². The van der Waals surface area contributed by atoms with Crippen LogP contribution in [-0.4, -0.2) is 31.1 Å². The predicted octanol–water partition coefficient (Wildman–Crippen LogP) is 2.39. The van der Waals surface area contributed by atoms with E-state index in [1.807, 2.05) is 12.1 Å². The minimum atomic E-state index is -0.167. The lowest BCUT2D eigenvalue weighted by molar-refractivity contribution is 0.208. The first-order valence-corrected chi connectivity index (χ1v) is 6.15. The Labute approximate surface area is 103 Å². The molecule has 1 atom stereocenters. The Morgan fingerprint density at radius 1 is 1.35 bits per heavy atom. The van der Waals surface area contributed by atoms with Crippen molar-refractivity contribution in [2.24, 2.45) is 0 Å². The summed E-state index contributed by atoms with van der Waals surface area (Å²) in [6, 6.07) is 7.14. The van der Waals surface area contributed by atoms with Gasteiger partial charge in [-0.3, -0.25) is 4.90 Å². The van der Waals surface area contributed by atoms with E-state index in [1.54, 1.807) is 0 Å².